The maximum absolute atomic E-state index is 15.1. The highest BCUT2D eigenvalue weighted by atomic mass is 19.2. The van der Waals surface area contributed by atoms with Crippen molar-refractivity contribution in [3.63, 3.8) is 0 Å². The molecule has 226 valence electrons. The Morgan fingerprint density at radius 2 is 1.88 bits per heavy atom. The molecular formula is C31H34F2N6O4. The Morgan fingerprint density at radius 3 is 2.63 bits per heavy atom. The molecule has 43 heavy (non-hydrogen) atoms. The SMILES string of the molecule is CC(C)(C)OC(=O)N1CCC[C@H](Nc2nccc(-c3cccnc3Oc3ccc(NC(=O)[C@H]4CC45CC5)c(F)c3F)n2)C1. The number of likely N-dealkylation sites (tertiary alicyclic amines) is 1. The normalized spacial score (nSPS) is 20.3. The fourth-order valence-electron chi connectivity index (χ4n) is 5.48. The monoisotopic (exact) mass is 592 g/mol. The number of carbonyl (C=O) groups excluding carboxylic acids is 2. The first kappa shape index (κ1) is 28.8. The number of hydrogen-bond donors (Lipinski definition) is 2. The highest BCUT2D eigenvalue weighted by molar-refractivity contribution is 5.95. The van der Waals surface area contributed by atoms with E-state index in [0.717, 1.165) is 32.1 Å². The molecule has 1 spiro atoms. The van der Waals surface area contributed by atoms with E-state index in [1.54, 1.807) is 29.3 Å². The zero-order chi connectivity index (χ0) is 30.4. The van der Waals surface area contributed by atoms with Gasteiger partial charge in [-0.1, -0.05) is 0 Å². The van der Waals surface area contributed by atoms with Crippen molar-refractivity contribution in [3.8, 4) is 22.9 Å². The van der Waals surface area contributed by atoms with Gasteiger partial charge in [0.1, 0.15) is 5.60 Å². The van der Waals surface area contributed by atoms with Crippen LogP contribution in [0.5, 0.6) is 11.6 Å². The quantitative estimate of drug-likeness (QED) is 0.335. The van der Waals surface area contributed by atoms with Crippen LogP contribution in [0.1, 0.15) is 52.9 Å². The number of halogens is 2. The molecule has 2 aliphatic carbocycles. The maximum Gasteiger partial charge on any atom is 0.410 e. The lowest BCUT2D eigenvalue weighted by atomic mass is 10.1. The number of carbonyl (C=O) groups is 2. The van der Waals surface area contributed by atoms with Crippen molar-refractivity contribution < 1.29 is 27.8 Å². The van der Waals surface area contributed by atoms with Crippen LogP contribution in [-0.2, 0) is 9.53 Å². The number of nitrogens with zero attached hydrogens (tertiary/aromatic N) is 4. The fraction of sp³-hybridized carbons (Fsp3) is 0.452. The Hall–Kier alpha value is -4.35. The lowest BCUT2D eigenvalue weighted by Crippen LogP contribution is -2.47. The summed E-state index contributed by atoms with van der Waals surface area (Å²) in [6.07, 6.45) is 7.12. The number of anilines is 2. The second-order valence-electron chi connectivity index (χ2n) is 12.5. The van der Waals surface area contributed by atoms with Crippen molar-refractivity contribution in [2.45, 2.75) is 64.5 Å². The van der Waals surface area contributed by atoms with Gasteiger partial charge < -0.3 is 25.0 Å². The Labute approximate surface area is 248 Å². The summed E-state index contributed by atoms with van der Waals surface area (Å²) in [5.41, 5.74) is 0.181. The maximum atomic E-state index is 15.1. The van der Waals surface area contributed by atoms with Gasteiger partial charge in [-0.3, -0.25) is 4.79 Å². The third-order valence-electron chi connectivity index (χ3n) is 8.02. The first-order chi connectivity index (χ1) is 20.5. The third kappa shape index (κ3) is 6.37. The minimum absolute atomic E-state index is 0.0182. The molecule has 2 saturated carbocycles. The van der Waals surface area contributed by atoms with E-state index >= 15 is 4.39 Å². The Balaban J connectivity index is 1.15. The molecule has 0 radical (unpaired) electrons. The van der Waals surface area contributed by atoms with Crippen molar-refractivity contribution in [1.82, 2.24) is 19.9 Å². The second-order valence-corrected chi connectivity index (χ2v) is 12.5. The number of pyridine rings is 1. The smallest absolute Gasteiger partial charge is 0.410 e. The molecule has 2 N–H and O–H groups in total. The van der Waals surface area contributed by atoms with Crippen LogP contribution in [0, 0.1) is 23.0 Å². The van der Waals surface area contributed by atoms with Gasteiger partial charge in [0.25, 0.3) is 0 Å². The van der Waals surface area contributed by atoms with E-state index in [9.17, 15) is 14.0 Å². The number of piperidine rings is 1. The van der Waals surface area contributed by atoms with Crippen molar-refractivity contribution in [3.05, 3.63) is 54.4 Å². The average molecular weight is 593 g/mol. The molecule has 3 fully saturated rings. The molecule has 1 aliphatic heterocycles. The summed E-state index contributed by atoms with van der Waals surface area (Å²) in [6, 6.07) is 7.49. The van der Waals surface area contributed by atoms with E-state index in [2.05, 4.69) is 25.6 Å². The van der Waals surface area contributed by atoms with Crippen molar-refractivity contribution in [2.75, 3.05) is 23.7 Å². The van der Waals surface area contributed by atoms with Crippen molar-refractivity contribution in [1.29, 1.82) is 0 Å². The largest absolute Gasteiger partial charge is 0.444 e. The van der Waals surface area contributed by atoms with Gasteiger partial charge in [-0.05, 0) is 88.6 Å². The zero-order valence-electron chi connectivity index (χ0n) is 24.3. The van der Waals surface area contributed by atoms with Crippen LogP contribution in [0.4, 0.5) is 25.2 Å². The first-order valence-corrected chi connectivity index (χ1v) is 14.5. The number of nitrogens with one attached hydrogen (secondary N) is 2. The molecule has 0 bridgehead atoms. The highest BCUT2D eigenvalue weighted by Crippen LogP contribution is 2.70. The molecule has 1 aromatic carbocycles. The predicted molar refractivity (Wildman–Crippen MR) is 155 cm³/mol. The summed E-state index contributed by atoms with van der Waals surface area (Å²) in [4.78, 5) is 39.8. The van der Waals surface area contributed by atoms with Gasteiger partial charge in [0.2, 0.25) is 23.6 Å². The summed E-state index contributed by atoms with van der Waals surface area (Å²) >= 11 is 0. The molecule has 3 aromatic rings. The molecule has 0 unspecified atom stereocenters. The van der Waals surface area contributed by atoms with E-state index < -0.39 is 17.2 Å². The summed E-state index contributed by atoms with van der Waals surface area (Å²) in [6.45, 7) is 6.54. The van der Waals surface area contributed by atoms with Crippen LogP contribution in [0.3, 0.4) is 0 Å². The van der Waals surface area contributed by atoms with Crippen LogP contribution in [0.25, 0.3) is 11.3 Å². The van der Waals surface area contributed by atoms with Gasteiger partial charge in [0, 0.05) is 37.4 Å². The Bertz CT molecular complexity index is 1560. The van der Waals surface area contributed by atoms with Crippen molar-refractivity contribution in [2.24, 2.45) is 11.3 Å². The predicted octanol–water partition coefficient (Wildman–Crippen LogP) is 6.16. The number of benzene rings is 1. The van der Waals surface area contributed by atoms with Gasteiger partial charge in [0.15, 0.2) is 11.6 Å². The third-order valence-corrected chi connectivity index (χ3v) is 8.02. The average Bonchev–Trinajstić information content (AvgIpc) is 3.90. The van der Waals surface area contributed by atoms with Crippen LogP contribution < -0.4 is 15.4 Å². The molecule has 6 rings (SSSR count). The van der Waals surface area contributed by atoms with Gasteiger partial charge in [-0.15, -0.1) is 0 Å². The van der Waals surface area contributed by atoms with Gasteiger partial charge >= 0.3 is 6.09 Å². The minimum Gasteiger partial charge on any atom is -0.444 e. The second kappa shape index (κ2) is 11.1. The summed E-state index contributed by atoms with van der Waals surface area (Å²) in [7, 11) is 0. The molecule has 1 saturated heterocycles. The van der Waals surface area contributed by atoms with Crippen LogP contribution in [0.15, 0.2) is 42.7 Å². The lowest BCUT2D eigenvalue weighted by Gasteiger charge is -2.34. The molecular weight excluding hydrogens is 558 g/mol. The van der Waals surface area contributed by atoms with Crippen molar-refractivity contribution >= 4 is 23.6 Å². The molecule has 10 nitrogen and oxygen atoms in total. The van der Waals surface area contributed by atoms with E-state index in [0.29, 0.717) is 30.3 Å². The molecule has 2 aromatic heterocycles. The van der Waals surface area contributed by atoms with Crippen LogP contribution in [-0.4, -0.2) is 56.6 Å². The number of hydrogen-bond acceptors (Lipinski definition) is 8. The van der Waals surface area contributed by atoms with E-state index in [1.165, 1.54) is 18.3 Å². The topological polar surface area (TPSA) is 119 Å². The summed E-state index contributed by atoms with van der Waals surface area (Å²) in [5.74, 6) is -2.86. The number of rotatable bonds is 7. The minimum atomic E-state index is -1.23. The summed E-state index contributed by atoms with van der Waals surface area (Å²) in [5, 5.41) is 5.81. The first-order valence-electron chi connectivity index (χ1n) is 14.5. The molecule has 2 amide bonds. The Kier molecular flexibility index (Phi) is 7.39. The van der Waals surface area contributed by atoms with E-state index in [-0.39, 0.29) is 46.7 Å². The number of amides is 2. The molecule has 2 atom stereocenters. The summed E-state index contributed by atoms with van der Waals surface area (Å²) < 4.78 is 41.2. The van der Waals surface area contributed by atoms with Crippen LogP contribution in [0.2, 0.25) is 0 Å². The number of aromatic nitrogens is 3. The fourth-order valence-corrected chi connectivity index (χ4v) is 5.48. The molecule has 3 aliphatic rings. The van der Waals surface area contributed by atoms with E-state index in [4.69, 9.17) is 9.47 Å². The van der Waals surface area contributed by atoms with Gasteiger partial charge in [-0.2, -0.15) is 4.39 Å². The molecule has 12 heteroatoms. The van der Waals surface area contributed by atoms with E-state index in [1.807, 2.05) is 20.8 Å². The lowest BCUT2D eigenvalue weighted by molar-refractivity contribution is -0.117. The standard InChI is InChI=1S/C31H34F2N6O4/c1-30(2,3)43-29(41)39-15-5-6-18(17-39)36-28-35-14-10-21(38-28)19-7-4-13-34-27(19)42-23-9-8-22(24(32)25(23)33)37-26(40)20-16-31(20)11-12-31/h4,7-10,13-14,18,20H,5-6,11-12,15-17H2,1-3H3,(H,37,40)(H,35,36,38)/t18-,20+/m0/s1. The highest BCUT2D eigenvalue weighted by Gasteiger charge is 2.65. The zero-order valence-corrected chi connectivity index (χ0v) is 24.3. The van der Waals surface area contributed by atoms with Gasteiger partial charge in [-0.25, -0.2) is 24.1 Å². The molecule has 3 heterocycles. The Morgan fingerprint density at radius 1 is 1.07 bits per heavy atom. The van der Waals surface area contributed by atoms with Gasteiger partial charge in [0.05, 0.1) is 16.9 Å². The number of ether oxygens (including phenoxy) is 2. The van der Waals surface area contributed by atoms with Crippen LogP contribution >= 0.6 is 0 Å².